The number of hydrogen-bond donors (Lipinski definition) is 1. The largest absolute Gasteiger partial charge is 0.379 e. The first-order valence-electron chi connectivity index (χ1n) is 15.6. The fourth-order valence-electron chi connectivity index (χ4n) is 6.25. The summed E-state index contributed by atoms with van der Waals surface area (Å²) < 4.78 is 5.49. The lowest BCUT2D eigenvalue weighted by Gasteiger charge is -2.29. The van der Waals surface area contributed by atoms with Crippen LogP contribution in [0.5, 0.6) is 0 Å². The summed E-state index contributed by atoms with van der Waals surface area (Å²) in [6, 6.07) is 31.3. The van der Waals surface area contributed by atoms with E-state index in [1.807, 2.05) is 90.7 Å². The molecule has 0 aromatic heterocycles. The molecular weight excluding hydrogens is 548 g/mol. The van der Waals surface area contributed by atoms with Crippen molar-refractivity contribution in [1.82, 2.24) is 4.90 Å². The maximum absolute atomic E-state index is 14.0. The molecule has 1 saturated heterocycles. The average Bonchev–Trinajstić information content (AvgIpc) is 3.25. The Bertz CT molecular complexity index is 1600. The summed E-state index contributed by atoms with van der Waals surface area (Å²) in [5, 5.41) is 3.05. The molecule has 2 aliphatic heterocycles. The highest BCUT2D eigenvalue weighted by Crippen LogP contribution is 2.34. The first kappa shape index (κ1) is 29.6. The number of aryl methyl sites for hydroxylation is 1. The van der Waals surface area contributed by atoms with Crippen LogP contribution in [0.2, 0.25) is 0 Å². The Hall–Kier alpha value is -4.46. The Labute approximate surface area is 260 Å². The number of anilines is 3. The number of nitrogens with one attached hydrogen (secondary N) is 1. The van der Waals surface area contributed by atoms with Gasteiger partial charge in [0, 0.05) is 56.1 Å². The fourth-order valence-corrected chi connectivity index (χ4v) is 6.25. The van der Waals surface area contributed by atoms with Crippen molar-refractivity contribution in [3.05, 3.63) is 114 Å². The number of morpholine rings is 1. The number of amides is 2. The van der Waals surface area contributed by atoms with Crippen LogP contribution in [0.25, 0.3) is 11.1 Å². The van der Waals surface area contributed by atoms with Crippen molar-refractivity contribution in [3.63, 3.8) is 0 Å². The van der Waals surface area contributed by atoms with Gasteiger partial charge in [-0.15, -0.1) is 0 Å². The Balaban J connectivity index is 1.16. The smallest absolute Gasteiger partial charge is 0.258 e. The van der Waals surface area contributed by atoms with Crippen LogP contribution in [0.15, 0.2) is 97.1 Å². The maximum Gasteiger partial charge on any atom is 0.258 e. The molecule has 0 radical (unpaired) electrons. The molecule has 4 aromatic rings. The number of carbonyl (C=O) groups excluding carboxylic acids is 2. The summed E-state index contributed by atoms with van der Waals surface area (Å²) in [5.41, 5.74) is 6.67. The molecule has 2 amide bonds. The van der Waals surface area contributed by atoms with Gasteiger partial charge in [-0.2, -0.15) is 0 Å². The molecule has 0 bridgehead atoms. The lowest BCUT2D eigenvalue weighted by molar-refractivity contribution is 0.0376. The molecule has 1 N–H and O–H groups in total. The molecule has 4 aromatic carbocycles. The van der Waals surface area contributed by atoms with Crippen molar-refractivity contribution in [2.75, 3.05) is 67.6 Å². The molecule has 226 valence electrons. The molecule has 0 saturated carbocycles. The second-order valence-electron chi connectivity index (χ2n) is 11.5. The zero-order valence-corrected chi connectivity index (χ0v) is 25.4. The summed E-state index contributed by atoms with van der Waals surface area (Å²) in [4.78, 5) is 34.2. The number of carbonyl (C=O) groups is 2. The first-order valence-corrected chi connectivity index (χ1v) is 15.6. The normalized spacial score (nSPS) is 15.4. The third-order valence-electron chi connectivity index (χ3n) is 8.55. The van der Waals surface area contributed by atoms with E-state index >= 15 is 0 Å². The maximum atomic E-state index is 14.0. The van der Waals surface area contributed by atoms with Crippen LogP contribution in [0.3, 0.4) is 0 Å². The predicted octanol–water partition coefficient (Wildman–Crippen LogP) is 6.49. The van der Waals surface area contributed by atoms with Gasteiger partial charge >= 0.3 is 0 Å². The second kappa shape index (κ2) is 13.9. The molecule has 0 spiro atoms. The standard InChI is InChI=1S/C37H40N4O3/c1-28-27-30(38-36(42)33-14-6-5-13-32(33)29-11-3-2-4-12-29)17-18-31(28)37(43)41-22-10-21-40(34-15-7-8-16-35(34)41)20-9-19-39-23-25-44-26-24-39/h2-8,11-18,27H,9-10,19-26H2,1H3,(H,38,42). The van der Waals surface area contributed by atoms with Crippen molar-refractivity contribution in [2.45, 2.75) is 19.8 Å². The molecule has 0 aliphatic carbocycles. The summed E-state index contributed by atoms with van der Waals surface area (Å²) >= 11 is 0. The van der Waals surface area contributed by atoms with E-state index in [0.29, 0.717) is 23.4 Å². The molecular formula is C37H40N4O3. The highest BCUT2D eigenvalue weighted by atomic mass is 16.5. The van der Waals surface area contributed by atoms with Gasteiger partial charge in [0.25, 0.3) is 11.8 Å². The number of fused-ring (bicyclic) bond motifs is 1. The van der Waals surface area contributed by atoms with Crippen molar-refractivity contribution >= 4 is 28.9 Å². The van der Waals surface area contributed by atoms with Gasteiger partial charge in [-0.25, -0.2) is 0 Å². The van der Waals surface area contributed by atoms with E-state index in [-0.39, 0.29) is 11.8 Å². The van der Waals surface area contributed by atoms with E-state index in [2.05, 4.69) is 33.3 Å². The Kier molecular flexibility index (Phi) is 9.34. The number of ether oxygens (including phenoxy) is 1. The highest BCUT2D eigenvalue weighted by molar-refractivity contribution is 6.11. The van der Waals surface area contributed by atoms with Gasteiger partial charge < -0.3 is 19.9 Å². The van der Waals surface area contributed by atoms with E-state index in [4.69, 9.17) is 4.74 Å². The zero-order valence-electron chi connectivity index (χ0n) is 25.4. The molecule has 2 heterocycles. The highest BCUT2D eigenvalue weighted by Gasteiger charge is 2.26. The van der Waals surface area contributed by atoms with Gasteiger partial charge in [0.2, 0.25) is 0 Å². The van der Waals surface area contributed by atoms with Crippen LogP contribution in [0.1, 0.15) is 39.1 Å². The Morgan fingerprint density at radius 1 is 0.750 bits per heavy atom. The van der Waals surface area contributed by atoms with Gasteiger partial charge in [0.1, 0.15) is 0 Å². The minimum absolute atomic E-state index is 0.0163. The molecule has 2 aliphatic rings. The van der Waals surface area contributed by atoms with Crippen LogP contribution in [-0.4, -0.2) is 69.2 Å². The molecule has 6 rings (SSSR count). The van der Waals surface area contributed by atoms with Crippen LogP contribution in [0, 0.1) is 6.92 Å². The number of nitrogens with zero attached hydrogens (tertiary/aromatic N) is 3. The number of benzene rings is 4. The van der Waals surface area contributed by atoms with Gasteiger partial charge in [-0.3, -0.25) is 14.5 Å². The fraction of sp³-hybridized carbons (Fsp3) is 0.297. The SMILES string of the molecule is Cc1cc(NC(=O)c2ccccc2-c2ccccc2)ccc1C(=O)N1CCCN(CCCN2CCOCC2)c2ccccc21. The van der Waals surface area contributed by atoms with E-state index in [0.717, 1.165) is 86.8 Å². The third-order valence-corrected chi connectivity index (χ3v) is 8.55. The van der Waals surface area contributed by atoms with Gasteiger partial charge in [-0.1, -0.05) is 60.7 Å². The number of rotatable bonds is 8. The van der Waals surface area contributed by atoms with Gasteiger partial charge in [-0.05, 0) is 72.9 Å². The molecule has 0 unspecified atom stereocenters. The summed E-state index contributed by atoms with van der Waals surface area (Å²) in [5.74, 6) is -0.199. The van der Waals surface area contributed by atoms with E-state index in [1.165, 1.54) is 0 Å². The second-order valence-corrected chi connectivity index (χ2v) is 11.5. The summed E-state index contributed by atoms with van der Waals surface area (Å²) in [6.07, 6.45) is 1.97. The molecule has 7 nitrogen and oxygen atoms in total. The van der Waals surface area contributed by atoms with Gasteiger partial charge in [0.15, 0.2) is 0 Å². The lowest BCUT2D eigenvalue weighted by atomic mass is 9.99. The van der Waals surface area contributed by atoms with Crippen LogP contribution >= 0.6 is 0 Å². The Morgan fingerprint density at radius 2 is 1.48 bits per heavy atom. The number of para-hydroxylation sites is 2. The quantitative estimate of drug-likeness (QED) is 0.255. The summed E-state index contributed by atoms with van der Waals surface area (Å²) in [7, 11) is 0. The van der Waals surface area contributed by atoms with Crippen molar-refractivity contribution < 1.29 is 14.3 Å². The van der Waals surface area contributed by atoms with Crippen LogP contribution in [0.4, 0.5) is 17.1 Å². The zero-order chi connectivity index (χ0) is 30.3. The van der Waals surface area contributed by atoms with Crippen molar-refractivity contribution in [2.24, 2.45) is 0 Å². The summed E-state index contributed by atoms with van der Waals surface area (Å²) in [6.45, 7) is 9.16. The first-order chi connectivity index (χ1) is 21.6. The van der Waals surface area contributed by atoms with E-state index < -0.39 is 0 Å². The minimum atomic E-state index is -0.182. The molecule has 44 heavy (non-hydrogen) atoms. The predicted molar refractivity (Wildman–Crippen MR) is 178 cm³/mol. The van der Waals surface area contributed by atoms with Crippen LogP contribution in [-0.2, 0) is 4.74 Å². The van der Waals surface area contributed by atoms with Crippen LogP contribution < -0.4 is 15.1 Å². The molecule has 1 fully saturated rings. The molecule has 7 heteroatoms. The Morgan fingerprint density at radius 3 is 2.27 bits per heavy atom. The topological polar surface area (TPSA) is 65.1 Å². The lowest BCUT2D eigenvalue weighted by Crippen LogP contribution is -2.38. The van der Waals surface area contributed by atoms with Crippen molar-refractivity contribution in [3.8, 4) is 11.1 Å². The minimum Gasteiger partial charge on any atom is -0.379 e. The number of hydrogen-bond acceptors (Lipinski definition) is 5. The average molecular weight is 589 g/mol. The van der Waals surface area contributed by atoms with E-state index in [9.17, 15) is 9.59 Å². The van der Waals surface area contributed by atoms with Gasteiger partial charge in [0.05, 0.1) is 24.6 Å². The monoisotopic (exact) mass is 588 g/mol. The third kappa shape index (κ3) is 6.69. The van der Waals surface area contributed by atoms with E-state index in [1.54, 1.807) is 0 Å². The molecule has 0 atom stereocenters. The van der Waals surface area contributed by atoms with Crippen molar-refractivity contribution in [1.29, 1.82) is 0 Å².